The van der Waals surface area contributed by atoms with Crippen LogP contribution in [-0.2, 0) is 13.5 Å². The lowest BCUT2D eigenvalue weighted by molar-refractivity contribution is 0.590. The molecule has 15 heavy (non-hydrogen) atoms. The van der Waals surface area contributed by atoms with Crippen molar-refractivity contribution in [1.82, 2.24) is 14.9 Å². The Morgan fingerprint density at radius 1 is 1.40 bits per heavy atom. The van der Waals surface area contributed by atoms with Gasteiger partial charge in [-0.1, -0.05) is 6.42 Å². The predicted octanol–water partition coefficient (Wildman–Crippen LogP) is 1.88. The highest BCUT2D eigenvalue weighted by molar-refractivity contribution is 4.90. The number of hydrogen-bond acceptors (Lipinski definition) is 2. The molecule has 1 aromatic rings. The van der Waals surface area contributed by atoms with E-state index in [2.05, 4.69) is 21.9 Å². The lowest BCUT2D eigenvalue weighted by atomic mass is 10.2. The number of imidazole rings is 1. The van der Waals surface area contributed by atoms with E-state index in [-0.39, 0.29) is 0 Å². The molecule has 1 aliphatic carbocycles. The van der Waals surface area contributed by atoms with Crippen LogP contribution in [0.2, 0.25) is 0 Å². The summed E-state index contributed by atoms with van der Waals surface area (Å²) in [5, 5.41) is 3.54. The molecule has 1 fully saturated rings. The van der Waals surface area contributed by atoms with Gasteiger partial charge in [0.1, 0.15) is 5.82 Å². The van der Waals surface area contributed by atoms with E-state index in [4.69, 9.17) is 0 Å². The first kappa shape index (κ1) is 10.7. The summed E-state index contributed by atoms with van der Waals surface area (Å²) in [6.07, 6.45) is 11.7. The van der Waals surface area contributed by atoms with Crippen LogP contribution in [0.4, 0.5) is 0 Å². The minimum Gasteiger partial charge on any atom is -0.338 e. The average molecular weight is 207 g/mol. The van der Waals surface area contributed by atoms with Crippen molar-refractivity contribution < 1.29 is 0 Å². The summed E-state index contributed by atoms with van der Waals surface area (Å²) in [6, 6.07) is 0.861. The van der Waals surface area contributed by atoms with Crippen LogP contribution >= 0.6 is 0 Å². The van der Waals surface area contributed by atoms with Crippen LogP contribution in [0.5, 0.6) is 0 Å². The molecule has 1 aromatic heterocycles. The molecule has 2 rings (SSSR count). The molecule has 0 saturated heterocycles. The Morgan fingerprint density at radius 2 is 2.27 bits per heavy atom. The molecule has 1 heterocycles. The molecule has 0 spiro atoms. The predicted molar refractivity (Wildman–Crippen MR) is 61.8 cm³/mol. The number of rotatable bonds is 7. The zero-order valence-corrected chi connectivity index (χ0v) is 9.58. The number of aromatic nitrogens is 2. The quantitative estimate of drug-likeness (QED) is 0.692. The van der Waals surface area contributed by atoms with Gasteiger partial charge < -0.3 is 9.88 Å². The maximum Gasteiger partial charge on any atom is 0.108 e. The van der Waals surface area contributed by atoms with Gasteiger partial charge in [-0.2, -0.15) is 0 Å². The summed E-state index contributed by atoms with van der Waals surface area (Å²) in [5.41, 5.74) is 0. The Balaban J connectivity index is 1.49. The second kappa shape index (κ2) is 5.31. The zero-order valence-electron chi connectivity index (χ0n) is 9.58. The number of nitrogens with one attached hydrogen (secondary N) is 1. The minimum atomic E-state index is 0.861. The lowest BCUT2D eigenvalue weighted by Crippen LogP contribution is -2.17. The Morgan fingerprint density at radius 3 is 2.93 bits per heavy atom. The SMILES string of the molecule is Cn1ccnc1CCCCCNC1CC1. The van der Waals surface area contributed by atoms with Crippen molar-refractivity contribution in [3.05, 3.63) is 18.2 Å². The van der Waals surface area contributed by atoms with Crippen molar-refractivity contribution in [3.8, 4) is 0 Å². The van der Waals surface area contributed by atoms with Crippen molar-refractivity contribution in [2.24, 2.45) is 7.05 Å². The smallest absolute Gasteiger partial charge is 0.108 e. The molecular formula is C12H21N3. The Labute approximate surface area is 91.9 Å². The van der Waals surface area contributed by atoms with Gasteiger partial charge >= 0.3 is 0 Å². The van der Waals surface area contributed by atoms with Crippen LogP contribution in [0, 0.1) is 0 Å². The Bertz CT molecular complexity index is 289. The van der Waals surface area contributed by atoms with Crippen LogP contribution in [0.25, 0.3) is 0 Å². The molecule has 3 heteroatoms. The van der Waals surface area contributed by atoms with Crippen LogP contribution < -0.4 is 5.32 Å². The highest BCUT2D eigenvalue weighted by Gasteiger charge is 2.19. The van der Waals surface area contributed by atoms with Crippen LogP contribution in [0.15, 0.2) is 12.4 Å². The number of nitrogens with zero attached hydrogens (tertiary/aromatic N) is 2. The van der Waals surface area contributed by atoms with Crippen LogP contribution in [0.3, 0.4) is 0 Å². The van der Waals surface area contributed by atoms with Gasteiger partial charge in [-0.25, -0.2) is 4.98 Å². The normalized spacial score (nSPS) is 15.8. The Kier molecular flexibility index (Phi) is 3.78. The fourth-order valence-corrected chi connectivity index (χ4v) is 1.82. The fraction of sp³-hybridized carbons (Fsp3) is 0.750. The second-order valence-electron chi connectivity index (χ2n) is 4.49. The van der Waals surface area contributed by atoms with Crippen molar-refractivity contribution in [2.45, 2.75) is 44.6 Å². The molecule has 0 unspecified atom stereocenters. The van der Waals surface area contributed by atoms with Crippen molar-refractivity contribution >= 4 is 0 Å². The summed E-state index contributed by atoms with van der Waals surface area (Å²) in [5.74, 6) is 1.21. The third-order valence-electron chi connectivity index (χ3n) is 3.01. The summed E-state index contributed by atoms with van der Waals surface area (Å²) in [4.78, 5) is 4.32. The van der Waals surface area contributed by atoms with E-state index < -0.39 is 0 Å². The summed E-state index contributed by atoms with van der Waals surface area (Å²) in [7, 11) is 2.07. The highest BCUT2D eigenvalue weighted by atomic mass is 15.0. The molecule has 0 aliphatic heterocycles. The monoisotopic (exact) mass is 207 g/mol. The van der Waals surface area contributed by atoms with Gasteiger partial charge in [-0.15, -0.1) is 0 Å². The topological polar surface area (TPSA) is 29.9 Å². The number of hydrogen-bond donors (Lipinski definition) is 1. The largest absolute Gasteiger partial charge is 0.338 e. The first-order chi connectivity index (χ1) is 7.36. The minimum absolute atomic E-state index is 0.861. The maximum absolute atomic E-state index is 4.32. The van der Waals surface area contributed by atoms with E-state index in [1.165, 1.54) is 44.5 Å². The average Bonchev–Trinajstić information content (AvgIpc) is 2.96. The third-order valence-corrected chi connectivity index (χ3v) is 3.01. The molecule has 0 bridgehead atoms. The van der Waals surface area contributed by atoms with Gasteiger partial charge in [-0.3, -0.25) is 0 Å². The highest BCUT2D eigenvalue weighted by Crippen LogP contribution is 2.18. The van der Waals surface area contributed by atoms with Crippen molar-refractivity contribution in [3.63, 3.8) is 0 Å². The molecule has 1 aliphatic rings. The van der Waals surface area contributed by atoms with Gasteiger partial charge in [0.05, 0.1) is 0 Å². The molecule has 84 valence electrons. The van der Waals surface area contributed by atoms with E-state index in [1.807, 2.05) is 12.4 Å². The molecule has 3 nitrogen and oxygen atoms in total. The first-order valence-corrected chi connectivity index (χ1v) is 6.06. The van der Waals surface area contributed by atoms with E-state index in [1.54, 1.807) is 0 Å². The Hall–Kier alpha value is -0.830. The number of unbranched alkanes of at least 4 members (excludes halogenated alkanes) is 2. The lowest BCUT2D eigenvalue weighted by Gasteiger charge is -2.03. The van der Waals surface area contributed by atoms with E-state index in [9.17, 15) is 0 Å². The zero-order chi connectivity index (χ0) is 10.5. The second-order valence-corrected chi connectivity index (χ2v) is 4.49. The molecule has 0 aromatic carbocycles. The standard InChI is InChI=1S/C12H21N3/c1-15-10-9-14-12(15)5-3-2-4-8-13-11-6-7-11/h9-11,13H,2-8H2,1H3. The molecule has 0 atom stereocenters. The van der Waals surface area contributed by atoms with Crippen LogP contribution in [-0.4, -0.2) is 22.1 Å². The molecule has 0 radical (unpaired) electrons. The molecule has 1 saturated carbocycles. The maximum atomic E-state index is 4.32. The molecular weight excluding hydrogens is 186 g/mol. The van der Waals surface area contributed by atoms with E-state index >= 15 is 0 Å². The summed E-state index contributed by atoms with van der Waals surface area (Å²) >= 11 is 0. The molecule has 0 amide bonds. The summed E-state index contributed by atoms with van der Waals surface area (Å²) in [6.45, 7) is 1.20. The fourth-order valence-electron chi connectivity index (χ4n) is 1.82. The van der Waals surface area contributed by atoms with E-state index in [0.29, 0.717) is 0 Å². The van der Waals surface area contributed by atoms with Gasteiger partial charge in [0.2, 0.25) is 0 Å². The van der Waals surface area contributed by atoms with Crippen molar-refractivity contribution in [2.75, 3.05) is 6.54 Å². The van der Waals surface area contributed by atoms with Gasteiger partial charge in [0, 0.05) is 31.9 Å². The van der Waals surface area contributed by atoms with Crippen molar-refractivity contribution in [1.29, 1.82) is 0 Å². The van der Waals surface area contributed by atoms with Gasteiger partial charge in [-0.05, 0) is 32.2 Å². The van der Waals surface area contributed by atoms with E-state index in [0.717, 1.165) is 12.5 Å². The third kappa shape index (κ3) is 3.67. The van der Waals surface area contributed by atoms with Gasteiger partial charge in [0.25, 0.3) is 0 Å². The first-order valence-electron chi connectivity index (χ1n) is 6.06. The van der Waals surface area contributed by atoms with Crippen LogP contribution in [0.1, 0.15) is 37.9 Å². The molecule has 1 N–H and O–H groups in total. The number of aryl methyl sites for hydroxylation is 2. The summed E-state index contributed by atoms with van der Waals surface area (Å²) < 4.78 is 2.11. The van der Waals surface area contributed by atoms with Gasteiger partial charge in [0.15, 0.2) is 0 Å².